The van der Waals surface area contributed by atoms with Crippen molar-refractivity contribution in [2.45, 2.75) is 19.3 Å². The molecule has 0 saturated heterocycles. The molecule has 1 aromatic carbocycles. The van der Waals surface area contributed by atoms with Crippen LogP contribution in [0.1, 0.15) is 24.8 Å². The summed E-state index contributed by atoms with van der Waals surface area (Å²) in [6.07, 6.45) is 4.21. The summed E-state index contributed by atoms with van der Waals surface area (Å²) in [4.78, 5) is 0. The Bertz CT molecular complexity index is 341. The smallest absolute Gasteiger partial charge is 0.0580 e. The molecule has 15 heavy (non-hydrogen) atoms. The van der Waals surface area contributed by atoms with Crippen molar-refractivity contribution in [1.29, 1.82) is 0 Å². The molecule has 1 saturated carbocycles. The summed E-state index contributed by atoms with van der Waals surface area (Å²) >= 11 is 0. The maximum Gasteiger partial charge on any atom is 0.0580 e. The van der Waals surface area contributed by atoms with Crippen LogP contribution in [0.15, 0.2) is 30.3 Å². The minimum absolute atomic E-state index is 0.807. The maximum atomic E-state index is 3.35. The summed E-state index contributed by atoms with van der Waals surface area (Å²) in [6.45, 7) is 1.93. The average Bonchev–Trinajstić information content (AvgIpc) is 3.09. The van der Waals surface area contributed by atoms with E-state index in [0.29, 0.717) is 0 Å². The van der Waals surface area contributed by atoms with Gasteiger partial charge in [0.1, 0.15) is 0 Å². The van der Waals surface area contributed by atoms with E-state index in [9.17, 15) is 0 Å². The zero-order valence-electron chi connectivity index (χ0n) is 9.00. The number of rotatable bonds is 4. The molecule has 0 spiro atoms. The van der Waals surface area contributed by atoms with Crippen LogP contribution in [0, 0.1) is 17.8 Å². The second-order valence-electron chi connectivity index (χ2n) is 4.08. The highest BCUT2D eigenvalue weighted by molar-refractivity contribution is 5.33. The molecule has 0 radical (unpaired) electrons. The van der Waals surface area contributed by atoms with Crippen LogP contribution >= 0.6 is 0 Å². The van der Waals surface area contributed by atoms with E-state index >= 15 is 0 Å². The average molecular weight is 199 g/mol. The van der Waals surface area contributed by atoms with Gasteiger partial charge in [0.15, 0.2) is 0 Å². The van der Waals surface area contributed by atoms with Crippen molar-refractivity contribution in [2.75, 3.05) is 13.1 Å². The second kappa shape index (κ2) is 5.58. The summed E-state index contributed by atoms with van der Waals surface area (Å²) in [7, 11) is 0. The third-order valence-electron chi connectivity index (χ3n) is 2.65. The van der Waals surface area contributed by atoms with Crippen LogP contribution in [-0.2, 0) is 0 Å². The Morgan fingerprint density at radius 3 is 2.73 bits per heavy atom. The van der Waals surface area contributed by atoms with Crippen molar-refractivity contribution in [2.24, 2.45) is 5.92 Å². The minimum Gasteiger partial charge on any atom is -0.306 e. The van der Waals surface area contributed by atoms with E-state index in [0.717, 1.165) is 24.6 Å². The Labute approximate surface area is 91.9 Å². The molecule has 0 aliphatic heterocycles. The molecule has 1 fully saturated rings. The van der Waals surface area contributed by atoms with E-state index < -0.39 is 0 Å². The third-order valence-corrected chi connectivity index (χ3v) is 2.65. The Morgan fingerprint density at radius 1 is 1.20 bits per heavy atom. The zero-order valence-corrected chi connectivity index (χ0v) is 9.00. The van der Waals surface area contributed by atoms with Gasteiger partial charge in [0.2, 0.25) is 0 Å². The first-order valence-electron chi connectivity index (χ1n) is 5.70. The molecule has 2 rings (SSSR count). The fourth-order valence-electron chi connectivity index (χ4n) is 1.53. The van der Waals surface area contributed by atoms with Gasteiger partial charge >= 0.3 is 0 Å². The first kappa shape index (κ1) is 10.3. The molecule has 0 heterocycles. The highest BCUT2D eigenvalue weighted by Gasteiger charge is 2.19. The largest absolute Gasteiger partial charge is 0.306 e. The lowest BCUT2D eigenvalue weighted by molar-refractivity contribution is 0.648. The topological polar surface area (TPSA) is 12.0 Å². The van der Waals surface area contributed by atoms with Crippen LogP contribution in [0.3, 0.4) is 0 Å². The second-order valence-corrected chi connectivity index (χ2v) is 4.08. The van der Waals surface area contributed by atoms with Crippen LogP contribution in [0.2, 0.25) is 0 Å². The maximum absolute atomic E-state index is 3.35. The van der Waals surface area contributed by atoms with Crippen molar-refractivity contribution in [3.63, 3.8) is 0 Å². The van der Waals surface area contributed by atoms with Gasteiger partial charge in [0.25, 0.3) is 0 Å². The van der Waals surface area contributed by atoms with Crippen LogP contribution < -0.4 is 5.32 Å². The van der Waals surface area contributed by atoms with Gasteiger partial charge in [-0.3, -0.25) is 0 Å². The SMILES string of the molecule is C(#Cc1ccccc1)CNCCC1CC1. The summed E-state index contributed by atoms with van der Waals surface area (Å²) < 4.78 is 0. The Morgan fingerprint density at radius 2 is 2.00 bits per heavy atom. The monoisotopic (exact) mass is 199 g/mol. The molecule has 0 amide bonds. The lowest BCUT2D eigenvalue weighted by Gasteiger charge is -1.97. The predicted molar refractivity (Wildman–Crippen MR) is 63.5 cm³/mol. The van der Waals surface area contributed by atoms with Crippen molar-refractivity contribution < 1.29 is 0 Å². The fourth-order valence-corrected chi connectivity index (χ4v) is 1.53. The Balaban J connectivity index is 1.62. The molecule has 1 aliphatic carbocycles. The first-order valence-corrected chi connectivity index (χ1v) is 5.70. The standard InChI is InChI=1S/C14H17N/c1-2-5-13(6-3-1)7-4-11-15-12-10-14-8-9-14/h1-3,5-6,14-15H,8-12H2. The molecule has 78 valence electrons. The van der Waals surface area contributed by atoms with Crippen LogP contribution in [0.25, 0.3) is 0 Å². The molecule has 1 aliphatic rings. The van der Waals surface area contributed by atoms with Crippen LogP contribution in [0.5, 0.6) is 0 Å². The van der Waals surface area contributed by atoms with Gasteiger partial charge in [-0.15, -0.1) is 0 Å². The molecular weight excluding hydrogens is 182 g/mol. The molecule has 0 aromatic heterocycles. The fraction of sp³-hybridized carbons (Fsp3) is 0.429. The van der Waals surface area contributed by atoms with E-state index in [4.69, 9.17) is 0 Å². The number of nitrogens with one attached hydrogen (secondary N) is 1. The van der Waals surface area contributed by atoms with Gasteiger partial charge in [-0.2, -0.15) is 0 Å². The highest BCUT2D eigenvalue weighted by Crippen LogP contribution is 2.31. The molecule has 0 bridgehead atoms. The first-order chi connectivity index (χ1) is 7.45. The summed E-state index contributed by atoms with van der Waals surface area (Å²) in [5.74, 6) is 7.28. The summed E-state index contributed by atoms with van der Waals surface area (Å²) in [5.41, 5.74) is 1.10. The zero-order chi connectivity index (χ0) is 10.3. The van der Waals surface area contributed by atoms with Crippen molar-refractivity contribution in [3.8, 4) is 11.8 Å². The van der Waals surface area contributed by atoms with Crippen LogP contribution in [-0.4, -0.2) is 13.1 Å². The minimum atomic E-state index is 0.807. The summed E-state index contributed by atoms with van der Waals surface area (Å²) in [6, 6.07) is 10.1. The van der Waals surface area contributed by atoms with E-state index in [1.807, 2.05) is 30.3 Å². The lowest BCUT2D eigenvalue weighted by atomic mass is 10.2. The van der Waals surface area contributed by atoms with E-state index in [1.54, 1.807) is 0 Å². The molecule has 0 atom stereocenters. The summed E-state index contributed by atoms with van der Waals surface area (Å²) in [5, 5.41) is 3.35. The van der Waals surface area contributed by atoms with Crippen molar-refractivity contribution in [3.05, 3.63) is 35.9 Å². The van der Waals surface area contributed by atoms with E-state index in [2.05, 4.69) is 17.2 Å². The van der Waals surface area contributed by atoms with E-state index in [-0.39, 0.29) is 0 Å². The number of hydrogen-bond acceptors (Lipinski definition) is 1. The van der Waals surface area contributed by atoms with Crippen molar-refractivity contribution in [1.82, 2.24) is 5.32 Å². The Hall–Kier alpha value is -1.26. The number of benzene rings is 1. The quantitative estimate of drug-likeness (QED) is 0.580. The lowest BCUT2D eigenvalue weighted by Crippen LogP contribution is -2.15. The molecule has 1 N–H and O–H groups in total. The number of hydrogen-bond donors (Lipinski definition) is 1. The molecule has 0 unspecified atom stereocenters. The molecule has 1 aromatic rings. The van der Waals surface area contributed by atoms with Gasteiger partial charge < -0.3 is 5.32 Å². The third kappa shape index (κ3) is 4.18. The van der Waals surface area contributed by atoms with Gasteiger partial charge in [0, 0.05) is 5.56 Å². The van der Waals surface area contributed by atoms with Gasteiger partial charge in [0.05, 0.1) is 6.54 Å². The molecular formula is C14H17N. The van der Waals surface area contributed by atoms with E-state index in [1.165, 1.54) is 19.3 Å². The van der Waals surface area contributed by atoms with Crippen molar-refractivity contribution >= 4 is 0 Å². The van der Waals surface area contributed by atoms with Gasteiger partial charge in [-0.05, 0) is 31.0 Å². The molecule has 1 heteroatoms. The normalized spacial score (nSPS) is 14.4. The highest BCUT2D eigenvalue weighted by atomic mass is 14.8. The predicted octanol–water partition coefficient (Wildman–Crippen LogP) is 2.43. The van der Waals surface area contributed by atoms with Gasteiger partial charge in [-0.1, -0.05) is 42.9 Å². The van der Waals surface area contributed by atoms with Crippen LogP contribution in [0.4, 0.5) is 0 Å². The van der Waals surface area contributed by atoms with Gasteiger partial charge in [-0.25, -0.2) is 0 Å². The molecule has 1 nitrogen and oxygen atoms in total. The Kier molecular flexibility index (Phi) is 3.82.